The number of pyridine rings is 1. The maximum absolute atomic E-state index is 13.0. The first-order valence-electron chi connectivity index (χ1n) is 7.96. The number of para-hydroxylation sites is 1. The lowest BCUT2D eigenvalue weighted by Crippen LogP contribution is -2.25. The van der Waals surface area contributed by atoms with E-state index in [1.165, 1.54) is 23.5 Å². The second-order valence-electron chi connectivity index (χ2n) is 5.93. The van der Waals surface area contributed by atoms with Crippen LogP contribution in [0.2, 0.25) is 0 Å². The van der Waals surface area contributed by atoms with E-state index < -0.39 is 0 Å². The molecule has 5 heteroatoms. The third-order valence-electron chi connectivity index (χ3n) is 4.15. The third kappa shape index (κ3) is 3.10. The highest BCUT2D eigenvalue weighted by molar-refractivity contribution is 7.20. The van der Waals surface area contributed by atoms with Crippen LogP contribution in [0.15, 0.2) is 60.7 Å². The Morgan fingerprint density at radius 2 is 1.84 bits per heavy atom. The van der Waals surface area contributed by atoms with Gasteiger partial charge in [-0.3, -0.25) is 4.79 Å². The fraction of sp³-hybridized carbons (Fsp3) is 0.100. The topological polar surface area (TPSA) is 42.0 Å². The molecular weight excluding hydrogens is 335 g/mol. The number of carbonyl (C=O) groups excluding carboxylic acids is 1. The average molecular weight is 350 g/mol. The maximum atomic E-state index is 13.0. The van der Waals surface area contributed by atoms with Crippen molar-refractivity contribution < 1.29 is 9.18 Å². The Bertz CT molecular complexity index is 1020. The Balaban J connectivity index is 1.61. The quantitative estimate of drug-likeness (QED) is 0.560. The molecular formula is C20H15FN2OS. The van der Waals surface area contributed by atoms with E-state index in [1.54, 1.807) is 12.1 Å². The molecule has 0 saturated heterocycles. The van der Waals surface area contributed by atoms with Crippen molar-refractivity contribution in [3.8, 4) is 0 Å². The number of nitrogens with zero attached hydrogens (tertiary/aromatic N) is 1. The molecule has 0 bridgehead atoms. The first-order valence-corrected chi connectivity index (χ1v) is 8.77. The predicted octanol–water partition coefficient (Wildman–Crippen LogP) is 5.08. The monoisotopic (exact) mass is 350 g/mol. The molecule has 2 heterocycles. The van der Waals surface area contributed by atoms with Crippen LogP contribution in [0, 0.1) is 5.82 Å². The third-order valence-corrected chi connectivity index (χ3v) is 5.19. The predicted molar refractivity (Wildman–Crippen MR) is 99.4 cm³/mol. The van der Waals surface area contributed by atoms with Gasteiger partial charge in [-0.15, -0.1) is 11.3 Å². The Kier molecular flexibility index (Phi) is 3.93. The summed E-state index contributed by atoms with van der Waals surface area (Å²) in [6.07, 6.45) is 0. The van der Waals surface area contributed by atoms with E-state index in [9.17, 15) is 9.18 Å². The lowest BCUT2D eigenvalue weighted by Gasteiger charge is -2.13. The van der Waals surface area contributed by atoms with Crippen LogP contribution >= 0.6 is 11.3 Å². The fourth-order valence-corrected chi connectivity index (χ4v) is 3.71. The average Bonchev–Trinajstić information content (AvgIpc) is 3.03. The standard InChI is InChI=1S/C20H15FN2OS/c1-12(13-6-8-16(21)9-7-13)22-19(24)18-11-15-10-14-4-2-3-5-17(14)23-20(15)25-18/h2-12H,1H3,(H,22,24). The normalized spacial score (nSPS) is 12.4. The Labute approximate surface area is 148 Å². The van der Waals surface area contributed by atoms with Crippen molar-refractivity contribution in [2.45, 2.75) is 13.0 Å². The first-order chi connectivity index (χ1) is 12.1. The van der Waals surface area contributed by atoms with Gasteiger partial charge in [0.2, 0.25) is 0 Å². The van der Waals surface area contributed by atoms with Crippen molar-refractivity contribution in [2.24, 2.45) is 0 Å². The number of hydrogen-bond acceptors (Lipinski definition) is 3. The minimum atomic E-state index is -0.287. The zero-order chi connectivity index (χ0) is 17.4. The summed E-state index contributed by atoms with van der Waals surface area (Å²) in [6, 6.07) is 17.8. The molecule has 2 aromatic heterocycles. The highest BCUT2D eigenvalue weighted by atomic mass is 32.1. The molecule has 0 aliphatic rings. The van der Waals surface area contributed by atoms with Crippen molar-refractivity contribution in [3.05, 3.63) is 76.9 Å². The zero-order valence-electron chi connectivity index (χ0n) is 13.5. The Morgan fingerprint density at radius 1 is 1.08 bits per heavy atom. The molecule has 1 atom stereocenters. The van der Waals surface area contributed by atoms with Crippen LogP contribution in [-0.2, 0) is 0 Å². The number of fused-ring (bicyclic) bond motifs is 2. The van der Waals surface area contributed by atoms with Crippen molar-refractivity contribution in [2.75, 3.05) is 0 Å². The highest BCUT2D eigenvalue weighted by Gasteiger charge is 2.15. The van der Waals surface area contributed by atoms with Gasteiger partial charge in [0.15, 0.2) is 0 Å². The van der Waals surface area contributed by atoms with E-state index >= 15 is 0 Å². The van der Waals surface area contributed by atoms with E-state index in [4.69, 9.17) is 0 Å². The summed E-state index contributed by atoms with van der Waals surface area (Å²) in [4.78, 5) is 18.6. The number of aromatic nitrogens is 1. The van der Waals surface area contributed by atoms with Crippen LogP contribution in [0.3, 0.4) is 0 Å². The number of amides is 1. The summed E-state index contributed by atoms with van der Waals surface area (Å²) in [6.45, 7) is 1.88. The molecule has 25 heavy (non-hydrogen) atoms. The maximum Gasteiger partial charge on any atom is 0.261 e. The number of benzene rings is 2. The SMILES string of the molecule is CC(NC(=O)c1cc2cc3ccccc3nc2s1)c1ccc(F)cc1. The molecule has 0 aliphatic carbocycles. The smallest absolute Gasteiger partial charge is 0.261 e. The van der Waals surface area contributed by atoms with Gasteiger partial charge in [0.1, 0.15) is 10.6 Å². The molecule has 1 unspecified atom stereocenters. The Hall–Kier alpha value is -2.79. The van der Waals surface area contributed by atoms with Gasteiger partial charge >= 0.3 is 0 Å². The van der Waals surface area contributed by atoms with Gasteiger partial charge in [-0.2, -0.15) is 0 Å². The van der Waals surface area contributed by atoms with E-state index in [1.807, 2.05) is 43.3 Å². The molecule has 124 valence electrons. The molecule has 0 spiro atoms. The summed E-state index contributed by atoms with van der Waals surface area (Å²) >= 11 is 1.38. The molecule has 1 N–H and O–H groups in total. The molecule has 0 aliphatic heterocycles. The second-order valence-corrected chi connectivity index (χ2v) is 6.96. The molecule has 4 rings (SSSR count). The molecule has 4 aromatic rings. The largest absolute Gasteiger partial charge is 0.345 e. The van der Waals surface area contributed by atoms with Crippen LogP contribution in [0.4, 0.5) is 4.39 Å². The molecule has 2 aromatic carbocycles. The van der Waals surface area contributed by atoms with Gasteiger partial charge in [0.05, 0.1) is 16.4 Å². The summed E-state index contributed by atoms with van der Waals surface area (Å²) in [5.74, 6) is -0.436. The van der Waals surface area contributed by atoms with Crippen molar-refractivity contribution in [3.63, 3.8) is 0 Å². The zero-order valence-corrected chi connectivity index (χ0v) is 14.3. The number of hydrogen-bond donors (Lipinski definition) is 1. The molecule has 1 amide bonds. The van der Waals surface area contributed by atoms with Gasteiger partial charge in [-0.25, -0.2) is 9.37 Å². The summed E-state index contributed by atoms with van der Waals surface area (Å²) < 4.78 is 13.0. The number of halogens is 1. The van der Waals surface area contributed by atoms with E-state index in [0.29, 0.717) is 4.88 Å². The Morgan fingerprint density at radius 3 is 2.64 bits per heavy atom. The molecule has 0 radical (unpaired) electrons. The van der Waals surface area contributed by atoms with Crippen molar-refractivity contribution >= 4 is 38.4 Å². The van der Waals surface area contributed by atoms with Gasteiger partial charge in [-0.1, -0.05) is 30.3 Å². The van der Waals surface area contributed by atoms with Crippen LogP contribution in [0.1, 0.15) is 28.2 Å². The highest BCUT2D eigenvalue weighted by Crippen LogP contribution is 2.27. The second kappa shape index (κ2) is 6.26. The van der Waals surface area contributed by atoms with Gasteiger partial charge in [0, 0.05) is 10.8 Å². The van der Waals surface area contributed by atoms with Crippen LogP contribution in [0.25, 0.3) is 21.1 Å². The minimum Gasteiger partial charge on any atom is -0.345 e. The lowest BCUT2D eigenvalue weighted by atomic mass is 10.1. The van der Waals surface area contributed by atoms with Crippen molar-refractivity contribution in [1.82, 2.24) is 10.3 Å². The van der Waals surface area contributed by atoms with Crippen LogP contribution in [-0.4, -0.2) is 10.9 Å². The van der Waals surface area contributed by atoms with E-state index in [-0.39, 0.29) is 17.8 Å². The summed E-state index contributed by atoms with van der Waals surface area (Å²) in [7, 11) is 0. The number of thiophene rings is 1. The van der Waals surface area contributed by atoms with Crippen molar-refractivity contribution in [1.29, 1.82) is 0 Å². The fourth-order valence-electron chi connectivity index (χ4n) is 2.79. The number of nitrogens with one attached hydrogen (secondary N) is 1. The minimum absolute atomic E-state index is 0.149. The summed E-state index contributed by atoms with van der Waals surface area (Å²) in [5.41, 5.74) is 1.78. The number of carbonyl (C=O) groups is 1. The van der Waals surface area contributed by atoms with Crippen LogP contribution in [0.5, 0.6) is 0 Å². The van der Waals surface area contributed by atoms with Gasteiger partial charge in [0.25, 0.3) is 5.91 Å². The summed E-state index contributed by atoms with van der Waals surface area (Å²) in [5, 5.41) is 4.97. The van der Waals surface area contributed by atoms with Gasteiger partial charge in [-0.05, 0) is 42.8 Å². The first kappa shape index (κ1) is 15.7. The van der Waals surface area contributed by atoms with E-state index in [0.717, 1.165) is 26.7 Å². The van der Waals surface area contributed by atoms with Gasteiger partial charge < -0.3 is 5.32 Å². The van der Waals surface area contributed by atoms with E-state index in [2.05, 4.69) is 10.3 Å². The van der Waals surface area contributed by atoms with Crippen LogP contribution < -0.4 is 5.32 Å². The molecule has 3 nitrogen and oxygen atoms in total. The molecule has 0 fully saturated rings. The number of rotatable bonds is 3. The molecule has 0 saturated carbocycles. The lowest BCUT2D eigenvalue weighted by molar-refractivity contribution is 0.0944.